The van der Waals surface area contributed by atoms with Gasteiger partial charge in [-0.3, -0.25) is 9.36 Å². The van der Waals surface area contributed by atoms with E-state index in [1.165, 1.54) is 0 Å². The molecule has 1 amide bonds. The zero-order valence-electron chi connectivity index (χ0n) is 15.3. The molecule has 0 aliphatic carbocycles. The van der Waals surface area contributed by atoms with E-state index in [-0.39, 0.29) is 5.92 Å². The van der Waals surface area contributed by atoms with Crippen LogP contribution in [0, 0.1) is 5.92 Å². The Bertz CT molecular complexity index is 714. The van der Waals surface area contributed by atoms with Gasteiger partial charge in [-0.25, -0.2) is 0 Å². The smallest absolute Gasteiger partial charge is 0.225 e. The van der Waals surface area contributed by atoms with Gasteiger partial charge in [-0.1, -0.05) is 18.3 Å². The zero-order chi connectivity index (χ0) is 17.9. The molecule has 2 fully saturated rings. The summed E-state index contributed by atoms with van der Waals surface area (Å²) in [7, 11) is 0. The summed E-state index contributed by atoms with van der Waals surface area (Å²) in [6.07, 6.45) is 5.78. The average molecular weight is 375 g/mol. The van der Waals surface area contributed by atoms with Gasteiger partial charge in [0.05, 0.1) is 0 Å². The maximum Gasteiger partial charge on any atom is 0.225 e. The topological polar surface area (TPSA) is 57.5 Å². The molecular formula is C18H26N6OS. The van der Waals surface area contributed by atoms with Gasteiger partial charge in [-0.15, -0.1) is 10.2 Å². The molecule has 2 aliphatic rings. The molecule has 4 rings (SSSR count). The number of aromatic nitrogens is 3. The lowest BCUT2D eigenvalue weighted by atomic mass is 9.95. The molecule has 4 heterocycles. The molecule has 140 valence electrons. The van der Waals surface area contributed by atoms with Gasteiger partial charge in [-0.2, -0.15) is 0 Å². The third-order valence-electron chi connectivity index (χ3n) is 5.47. The van der Waals surface area contributed by atoms with Crippen molar-refractivity contribution in [3.63, 3.8) is 0 Å². The molecule has 2 saturated heterocycles. The second kappa shape index (κ2) is 7.75. The molecule has 0 saturated carbocycles. The molecule has 0 bridgehead atoms. The molecule has 2 aliphatic heterocycles. The van der Waals surface area contributed by atoms with E-state index in [0.717, 1.165) is 68.9 Å². The maximum absolute atomic E-state index is 12.8. The van der Waals surface area contributed by atoms with Crippen LogP contribution in [0.15, 0.2) is 24.5 Å². The third kappa shape index (κ3) is 3.61. The molecule has 2 aromatic heterocycles. The summed E-state index contributed by atoms with van der Waals surface area (Å²) < 4.78 is 1.98. The van der Waals surface area contributed by atoms with Crippen molar-refractivity contribution in [2.75, 3.05) is 50.7 Å². The van der Waals surface area contributed by atoms with Crippen LogP contribution in [0.5, 0.6) is 0 Å². The highest BCUT2D eigenvalue weighted by atomic mass is 32.1. The number of anilines is 1. The minimum Gasteiger partial charge on any atom is -0.347 e. The van der Waals surface area contributed by atoms with Crippen LogP contribution in [-0.4, -0.2) is 76.3 Å². The summed E-state index contributed by atoms with van der Waals surface area (Å²) in [4.78, 5) is 19.6. The van der Waals surface area contributed by atoms with Gasteiger partial charge < -0.3 is 14.7 Å². The summed E-state index contributed by atoms with van der Waals surface area (Å²) in [5.41, 5.74) is 0. The Morgan fingerprint density at radius 2 is 1.69 bits per heavy atom. The SMILES string of the molecule is CCN1CCN(C(=O)C2CCN(c3nnc(-n4cccc4)s3)CC2)CC1. The molecule has 0 radical (unpaired) electrons. The summed E-state index contributed by atoms with van der Waals surface area (Å²) in [6.45, 7) is 8.79. The van der Waals surface area contributed by atoms with Gasteiger partial charge in [0, 0.05) is 57.6 Å². The van der Waals surface area contributed by atoms with Gasteiger partial charge in [-0.05, 0) is 31.5 Å². The Morgan fingerprint density at radius 1 is 1.04 bits per heavy atom. The van der Waals surface area contributed by atoms with Gasteiger partial charge in [0.2, 0.25) is 16.2 Å². The number of hydrogen-bond acceptors (Lipinski definition) is 6. The van der Waals surface area contributed by atoms with Crippen LogP contribution in [0.4, 0.5) is 5.13 Å². The van der Waals surface area contributed by atoms with Gasteiger partial charge in [0.25, 0.3) is 0 Å². The summed E-state index contributed by atoms with van der Waals surface area (Å²) in [6, 6.07) is 3.97. The Morgan fingerprint density at radius 3 is 2.35 bits per heavy atom. The average Bonchev–Trinajstić information content (AvgIpc) is 3.39. The normalized spacial score (nSPS) is 19.9. The van der Waals surface area contributed by atoms with E-state index < -0.39 is 0 Å². The van der Waals surface area contributed by atoms with Crippen molar-refractivity contribution in [2.24, 2.45) is 5.92 Å². The first kappa shape index (κ1) is 17.5. The van der Waals surface area contributed by atoms with Crippen molar-refractivity contribution in [1.29, 1.82) is 0 Å². The van der Waals surface area contributed by atoms with E-state index in [4.69, 9.17) is 0 Å². The number of piperazine rings is 1. The molecule has 0 N–H and O–H groups in total. The molecule has 0 unspecified atom stereocenters. The Labute approximate surface area is 158 Å². The number of carbonyl (C=O) groups is 1. The quantitative estimate of drug-likeness (QED) is 0.815. The van der Waals surface area contributed by atoms with E-state index in [1.54, 1.807) is 11.3 Å². The number of amides is 1. The molecular weight excluding hydrogens is 348 g/mol. The predicted octanol–water partition coefficient (Wildman–Crippen LogP) is 1.71. The lowest BCUT2D eigenvalue weighted by Crippen LogP contribution is -2.51. The predicted molar refractivity (Wildman–Crippen MR) is 103 cm³/mol. The number of piperidine rings is 1. The molecule has 0 spiro atoms. The van der Waals surface area contributed by atoms with Crippen molar-refractivity contribution >= 4 is 22.4 Å². The molecule has 7 nitrogen and oxygen atoms in total. The van der Waals surface area contributed by atoms with E-state index in [1.807, 2.05) is 29.1 Å². The second-order valence-corrected chi connectivity index (χ2v) is 7.91. The number of hydrogen-bond donors (Lipinski definition) is 0. The first-order chi connectivity index (χ1) is 12.7. The fraction of sp³-hybridized carbons (Fsp3) is 0.611. The molecule has 0 atom stereocenters. The second-order valence-electron chi connectivity index (χ2n) is 6.98. The highest BCUT2D eigenvalue weighted by Crippen LogP contribution is 2.28. The number of nitrogens with zero attached hydrogens (tertiary/aromatic N) is 6. The van der Waals surface area contributed by atoms with Gasteiger partial charge in [0.15, 0.2) is 0 Å². The van der Waals surface area contributed by atoms with Crippen LogP contribution >= 0.6 is 11.3 Å². The fourth-order valence-electron chi connectivity index (χ4n) is 3.76. The lowest BCUT2D eigenvalue weighted by molar-refractivity contribution is -0.137. The summed E-state index contributed by atoms with van der Waals surface area (Å²) in [5.74, 6) is 0.516. The minimum atomic E-state index is 0.163. The summed E-state index contributed by atoms with van der Waals surface area (Å²) in [5, 5.41) is 10.5. The van der Waals surface area contributed by atoms with Crippen LogP contribution in [-0.2, 0) is 4.79 Å². The van der Waals surface area contributed by atoms with E-state index in [9.17, 15) is 4.79 Å². The van der Waals surface area contributed by atoms with Crippen molar-refractivity contribution in [3.8, 4) is 5.13 Å². The van der Waals surface area contributed by atoms with Crippen LogP contribution in [0.2, 0.25) is 0 Å². The van der Waals surface area contributed by atoms with Crippen molar-refractivity contribution in [3.05, 3.63) is 24.5 Å². The molecule has 26 heavy (non-hydrogen) atoms. The van der Waals surface area contributed by atoms with Crippen LogP contribution < -0.4 is 4.90 Å². The van der Waals surface area contributed by atoms with Crippen molar-refractivity contribution in [2.45, 2.75) is 19.8 Å². The number of carbonyl (C=O) groups excluding carboxylic acids is 1. The number of likely N-dealkylation sites (N-methyl/N-ethyl adjacent to an activating group) is 1. The maximum atomic E-state index is 12.8. The molecule has 8 heteroatoms. The zero-order valence-corrected chi connectivity index (χ0v) is 16.1. The largest absolute Gasteiger partial charge is 0.347 e. The molecule has 2 aromatic rings. The monoisotopic (exact) mass is 374 g/mol. The first-order valence-corrected chi connectivity index (χ1v) is 10.3. The van der Waals surface area contributed by atoms with Crippen molar-refractivity contribution in [1.82, 2.24) is 24.6 Å². The van der Waals surface area contributed by atoms with Crippen LogP contribution in [0.3, 0.4) is 0 Å². The Balaban J connectivity index is 1.31. The lowest BCUT2D eigenvalue weighted by Gasteiger charge is -2.38. The van der Waals surface area contributed by atoms with Gasteiger partial charge in [0.1, 0.15) is 0 Å². The van der Waals surface area contributed by atoms with Crippen LogP contribution in [0.25, 0.3) is 5.13 Å². The Kier molecular flexibility index (Phi) is 5.21. The van der Waals surface area contributed by atoms with E-state index in [2.05, 4.69) is 31.8 Å². The summed E-state index contributed by atoms with van der Waals surface area (Å²) >= 11 is 1.60. The van der Waals surface area contributed by atoms with Crippen molar-refractivity contribution < 1.29 is 4.79 Å². The highest BCUT2D eigenvalue weighted by molar-refractivity contribution is 7.17. The van der Waals surface area contributed by atoms with Crippen LogP contribution in [0.1, 0.15) is 19.8 Å². The number of rotatable bonds is 4. The standard InChI is InChI=1S/C18H26N6OS/c1-2-21-11-13-22(14-12-21)16(25)15-5-9-24(10-6-15)18-20-19-17(26-18)23-7-3-4-8-23/h3-4,7-8,15H,2,5-6,9-14H2,1H3. The Hall–Kier alpha value is -1.93. The first-order valence-electron chi connectivity index (χ1n) is 9.47. The van der Waals surface area contributed by atoms with E-state index >= 15 is 0 Å². The fourth-order valence-corrected chi connectivity index (χ4v) is 4.63. The molecule has 0 aromatic carbocycles. The highest BCUT2D eigenvalue weighted by Gasteiger charge is 2.31. The van der Waals surface area contributed by atoms with E-state index in [0.29, 0.717) is 5.91 Å². The minimum absolute atomic E-state index is 0.163. The van der Waals surface area contributed by atoms with Gasteiger partial charge >= 0.3 is 0 Å². The third-order valence-corrected chi connectivity index (χ3v) is 6.47.